The predicted molar refractivity (Wildman–Crippen MR) is 100 cm³/mol. The van der Waals surface area contributed by atoms with Crippen LogP contribution in [0.5, 0.6) is 5.75 Å². The monoisotopic (exact) mass is 361 g/mol. The minimum Gasteiger partial charge on any atom is -0.491 e. The van der Waals surface area contributed by atoms with E-state index in [1.165, 1.54) is 5.56 Å². The first-order chi connectivity index (χ1) is 11.5. The van der Waals surface area contributed by atoms with E-state index in [0.717, 1.165) is 17.9 Å². The summed E-state index contributed by atoms with van der Waals surface area (Å²) in [6.45, 7) is 3.85. The lowest BCUT2D eigenvalue weighted by atomic mass is 10.1. The van der Waals surface area contributed by atoms with E-state index in [9.17, 15) is 4.79 Å². The van der Waals surface area contributed by atoms with Crippen LogP contribution in [0, 0.1) is 6.92 Å². The van der Waals surface area contributed by atoms with Crippen LogP contribution in [0.3, 0.4) is 0 Å². The quantitative estimate of drug-likeness (QED) is 0.843. The molecule has 25 heavy (non-hydrogen) atoms. The average molecular weight is 362 g/mol. The van der Waals surface area contributed by atoms with Crippen LogP contribution >= 0.6 is 12.4 Å². The molecule has 0 N–H and O–H groups in total. The van der Waals surface area contributed by atoms with Crippen LogP contribution < -0.4 is 4.74 Å². The van der Waals surface area contributed by atoms with Crippen molar-refractivity contribution in [3.05, 3.63) is 59.4 Å². The molecule has 1 aromatic carbocycles. The largest absolute Gasteiger partial charge is 0.491 e. The zero-order valence-electron chi connectivity index (χ0n) is 14.8. The summed E-state index contributed by atoms with van der Waals surface area (Å²) in [5.74, 6) is 0.886. The van der Waals surface area contributed by atoms with Gasteiger partial charge in [0.1, 0.15) is 12.4 Å². The molecule has 0 aliphatic carbocycles. The van der Waals surface area contributed by atoms with Gasteiger partial charge in [0.25, 0.3) is 5.91 Å². The highest BCUT2D eigenvalue weighted by Gasteiger charge is 2.29. The summed E-state index contributed by atoms with van der Waals surface area (Å²) in [7, 11) is 4.02. The minimum absolute atomic E-state index is 0. The van der Waals surface area contributed by atoms with Crippen LogP contribution in [0.4, 0.5) is 0 Å². The smallest absolute Gasteiger partial charge is 0.254 e. The zero-order valence-corrected chi connectivity index (χ0v) is 15.6. The van der Waals surface area contributed by atoms with Crippen molar-refractivity contribution in [3.63, 3.8) is 0 Å². The number of hydrogen-bond acceptors (Lipinski definition) is 4. The van der Waals surface area contributed by atoms with Gasteiger partial charge in [0.15, 0.2) is 0 Å². The van der Waals surface area contributed by atoms with Crippen molar-refractivity contribution >= 4 is 18.3 Å². The molecule has 2 heterocycles. The maximum Gasteiger partial charge on any atom is 0.254 e. The molecule has 1 aliphatic rings. The maximum atomic E-state index is 13.1. The fourth-order valence-electron chi connectivity index (χ4n) is 3.03. The van der Waals surface area contributed by atoms with Crippen LogP contribution in [0.1, 0.15) is 21.5 Å². The number of rotatable bonds is 3. The molecule has 134 valence electrons. The Labute approximate surface area is 155 Å². The SMILES string of the molecule is Cc1ccc2c(c1)CN(C(=O)c1ccncc1)C(CN(C)C)CO2.Cl. The normalized spacial score (nSPS) is 16.5. The molecular formula is C19H24ClN3O2. The van der Waals surface area contributed by atoms with E-state index in [-0.39, 0.29) is 24.4 Å². The van der Waals surface area contributed by atoms with Gasteiger partial charge in [-0.15, -0.1) is 12.4 Å². The molecule has 0 saturated carbocycles. The Morgan fingerprint density at radius 2 is 2.00 bits per heavy atom. The van der Waals surface area contributed by atoms with E-state index in [0.29, 0.717) is 18.7 Å². The fourth-order valence-corrected chi connectivity index (χ4v) is 3.03. The van der Waals surface area contributed by atoms with Crippen LogP contribution in [0.25, 0.3) is 0 Å². The first-order valence-corrected chi connectivity index (χ1v) is 8.12. The average Bonchev–Trinajstić information content (AvgIpc) is 2.74. The third kappa shape index (κ3) is 4.50. The molecule has 0 fully saturated rings. The zero-order chi connectivity index (χ0) is 17.1. The number of hydrogen-bond donors (Lipinski definition) is 0. The molecule has 1 aliphatic heterocycles. The summed E-state index contributed by atoms with van der Waals surface area (Å²) in [6, 6.07) is 9.65. The van der Waals surface area contributed by atoms with E-state index in [2.05, 4.69) is 22.9 Å². The molecule has 0 saturated heterocycles. The van der Waals surface area contributed by atoms with Crippen molar-refractivity contribution in [1.29, 1.82) is 0 Å². The second-order valence-electron chi connectivity index (χ2n) is 6.51. The maximum absolute atomic E-state index is 13.1. The van der Waals surface area contributed by atoms with Gasteiger partial charge in [-0.3, -0.25) is 9.78 Å². The Bertz CT molecular complexity index is 722. The van der Waals surface area contributed by atoms with Gasteiger partial charge in [-0.25, -0.2) is 0 Å². The first-order valence-electron chi connectivity index (χ1n) is 8.12. The highest BCUT2D eigenvalue weighted by atomic mass is 35.5. The molecule has 1 unspecified atom stereocenters. The standard InChI is InChI=1S/C19H23N3O2.ClH/c1-14-4-5-18-16(10-14)11-22(17(13-24-18)12-21(2)3)19(23)15-6-8-20-9-7-15;/h4-10,17H,11-13H2,1-3H3;1H. The Morgan fingerprint density at radius 3 is 2.68 bits per heavy atom. The second-order valence-corrected chi connectivity index (χ2v) is 6.51. The van der Waals surface area contributed by atoms with E-state index >= 15 is 0 Å². The Kier molecular flexibility index (Phi) is 6.39. The highest BCUT2D eigenvalue weighted by molar-refractivity contribution is 5.94. The molecule has 0 radical (unpaired) electrons. The fraction of sp³-hybridized carbons (Fsp3) is 0.368. The van der Waals surface area contributed by atoms with Crippen LogP contribution in [-0.2, 0) is 6.54 Å². The van der Waals surface area contributed by atoms with Crippen molar-refractivity contribution in [3.8, 4) is 5.75 Å². The molecule has 5 nitrogen and oxygen atoms in total. The third-order valence-electron chi connectivity index (χ3n) is 4.19. The summed E-state index contributed by atoms with van der Waals surface area (Å²) >= 11 is 0. The Morgan fingerprint density at radius 1 is 1.28 bits per heavy atom. The molecule has 3 rings (SSSR count). The number of aryl methyl sites for hydroxylation is 1. The Hall–Kier alpha value is -2.11. The lowest BCUT2D eigenvalue weighted by Crippen LogP contribution is -2.47. The molecule has 1 amide bonds. The van der Waals surface area contributed by atoms with Gasteiger partial charge in [0.05, 0.1) is 12.6 Å². The number of fused-ring (bicyclic) bond motifs is 1. The number of carbonyl (C=O) groups is 1. The van der Waals surface area contributed by atoms with Gasteiger partial charge >= 0.3 is 0 Å². The van der Waals surface area contributed by atoms with E-state index in [1.54, 1.807) is 24.5 Å². The lowest BCUT2D eigenvalue weighted by molar-refractivity contribution is 0.0583. The van der Waals surface area contributed by atoms with Crippen LogP contribution in [0.15, 0.2) is 42.7 Å². The number of nitrogens with zero attached hydrogens (tertiary/aromatic N) is 3. The summed E-state index contributed by atoms with van der Waals surface area (Å²) in [5, 5.41) is 0. The summed E-state index contributed by atoms with van der Waals surface area (Å²) < 4.78 is 6.00. The summed E-state index contributed by atoms with van der Waals surface area (Å²) in [4.78, 5) is 21.1. The van der Waals surface area contributed by atoms with E-state index < -0.39 is 0 Å². The van der Waals surface area contributed by atoms with Crippen molar-refractivity contribution in [1.82, 2.24) is 14.8 Å². The van der Waals surface area contributed by atoms with Gasteiger partial charge in [-0.05, 0) is 39.2 Å². The number of aromatic nitrogens is 1. The van der Waals surface area contributed by atoms with Gasteiger partial charge in [0.2, 0.25) is 0 Å². The molecular weight excluding hydrogens is 338 g/mol. The van der Waals surface area contributed by atoms with Crippen LogP contribution in [-0.4, -0.2) is 54.0 Å². The number of likely N-dealkylation sites (N-methyl/N-ethyl adjacent to an activating group) is 1. The van der Waals surface area contributed by atoms with Crippen molar-refractivity contribution in [2.45, 2.75) is 19.5 Å². The predicted octanol–water partition coefficient (Wildman–Crippen LogP) is 2.78. The van der Waals surface area contributed by atoms with Gasteiger partial charge in [-0.2, -0.15) is 0 Å². The number of halogens is 1. The van der Waals surface area contributed by atoms with E-state index in [4.69, 9.17) is 4.74 Å². The second kappa shape index (κ2) is 8.32. The molecule has 0 bridgehead atoms. The third-order valence-corrected chi connectivity index (χ3v) is 4.19. The number of benzene rings is 1. The van der Waals surface area contributed by atoms with Gasteiger partial charge in [0, 0.05) is 30.1 Å². The first kappa shape index (κ1) is 19.2. The number of ether oxygens (including phenoxy) is 1. The van der Waals surface area contributed by atoms with Crippen LogP contribution in [0.2, 0.25) is 0 Å². The Balaban J connectivity index is 0.00000225. The molecule has 1 aromatic heterocycles. The molecule has 0 spiro atoms. The molecule has 1 atom stereocenters. The number of amides is 1. The topological polar surface area (TPSA) is 45.7 Å². The van der Waals surface area contributed by atoms with Gasteiger partial charge < -0.3 is 14.5 Å². The summed E-state index contributed by atoms with van der Waals surface area (Å²) in [5.41, 5.74) is 2.88. The van der Waals surface area contributed by atoms with Gasteiger partial charge in [-0.1, -0.05) is 17.7 Å². The van der Waals surface area contributed by atoms with Crippen molar-refractivity contribution in [2.75, 3.05) is 27.2 Å². The number of carbonyl (C=O) groups excluding carboxylic acids is 1. The lowest BCUT2D eigenvalue weighted by Gasteiger charge is -2.31. The molecule has 6 heteroatoms. The number of pyridine rings is 1. The highest BCUT2D eigenvalue weighted by Crippen LogP contribution is 2.27. The van der Waals surface area contributed by atoms with Crippen molar-refractivity contribution < 1.29 is 9.53 Å². The molecule has 2 aromatic rings. The minimum atomic E-state index is -0.00614. The summed E-state index contributed by atoms with van der Waals surface area (Å²) in [6.07, 6.45) is 3.31. The van der Waals surface area contributed by atoms with E-state index in [1.807, 2.05) is 31.1 Å². The van der Waals surface area contributed by atoms with Crippen molar-refractivity contribution in [2.24, 2.45) is 0 Å².